The molecule has 1 aromatic carbocycles. The monoisotopic (exact) mass is 382 g/mol. The fourth-order valence-electron chi connectivity index (χ4n) is 3.84. The second-order valence-electron chi connectivity index (χ2n) is 7.11. The van der Waals surface area contributed by atoms with Crippen molar-refractivity contribution in [3.8, 4) is 0 Å². The number of amides is 2. The molecule has 1 aromatic heterocycles. The summed E-state index contributed by atoms with van der Waals surface area (Å²) in [7, 11) is 0. The minimum atomic E-state index is -0.681. The van der Waals surface area contributed by atoms with Crippen LogP contribution >= 0.6 is 11.3 Å². The predicted octanol–water partition coefficient (Wildman–Crippen LogP) is 4.04. The number of nitrogens with one attached hydrogen (secondary N) is 1. The van der Waals surface area contributed by atoms with Gasteiger partial charge in [0.25, 0.3) is 5.91 Å². The van der Waals surface area contributed by atoms with Crippen molar-refractivity contribution in [1.29, 1.82) is 0 Å². The normalized spacial score (nSPS) is 18.5. The van der Waals surface area contributed by atoms with E-state index in [4.69, 9.17) is 0 Å². The van der Waals surface area contributed by atoms with E-state index >= 15 is 0 Å². The van der Waals surface area contributed by atoms with Gasteiger partial charge in [0.15, 0.2) is 0 Å². The van der Waals surface area contributed by atoms with Crippen molar-refractivity contribution in [2.75, 3.05) is 5.32 Å². The summed E-state index contributed by atoms with van der Waals surface area (Å²) in [4.78, 5) is 26.8. The molecule has 140 valence electrons. The van der Waals surface area contributed by atoms with Crippen molar-refractivity contribution in [2.45, 2.75) is 51.0 Å². The Morgan fingerprint density at radius 2 is 1.93 bits per heavy atom. The van der Waals surface area contributed by atoms with Gasteiger partial charge in [-0.25, -0.2) is 0 Å². The predicted molar refractivity (Wildman–Crippen MR) is 105 cm³/mol. The molecule has 1 saturated carbocycles. The topological polar surface area (TPSA) is 75.2 Å². The van der Waals surface area contributed by atoms with Crippen LogP contribution in [0.1, 0.15) is 65.9 Å². The number of nitrogens with zero attached hydrogens (tertiary/aromatic N) is 3. The third-order valence-electron chi connectivity index (χ3n) is 5.37. The van der Waals surface area contributed by atoms with Crippen LogP contribution in [0.25, 0.3) is 5.70 Å². The second kappa shape index (κ2) is 7.23. The summed E-state index contributed by atoms with van der Waals surface area (Å²) in [6.45, 7) is 5.70. The van der Waals surface area contributed by atoms with E-state index in [1.54, 1.807) is 13.0 Å². The van der Waals surface area contributed by atoms with Crippen molar-refractivity contribution in [2.24, 2.45) is 0 Å². The quantitative estimate of drug-likeness (QED) is 0.866. The zero-order valence-corrected chi connectivity index (χ0v) is 16.1. The van der Waals surface area contributed by atoms with Gasteiger partial charge in [0.05, 0.1) is 0 Å². The molecule has 0 spiro atoms. The molecule has 4 rings (SSSR count). The Hall–Kier alpha value is -2.54. The molecule has 2 amide bonds. The van der Waals surface area contributed by atoms with E-state index in [0.717, 1.165) is 23.4 Å². The van der Waals surface area contributed by atoms with E-state index in [1.165, 1.54) is 35.5 Å². The minimum absolute atomic E-state index is 0.196. The molecule has 27 heavy (non-hydrogen) atoms. The molecule has 2 heterocycles. The van der Waals surface area contributed by atoms with Crippen molar-refractivity contribution < 1.29 is 9.59 Å². The van der Waals surface area contributed by atoms with Crippen molar-refractivity contribution in [3.63, 3.8) is 0 Å². The van der Waals surface area contributed by atoms with Crippen LogP contribution in [-0.2, 0) is 4.79 Å². The van der Waals surface area contributed by atoms with Crippen molar-refractivity contribution in [3.05, 3.63) is 47.0 Å². The van der Waals surface area contributed by atoms with E-state index in [-0.39, 0.29) is 11.8 Å². The first-order valence-electron chi connectivity index (χ1n) is 9.32. The van der Waals surface area contributed by atoms with Crippen molar-refractivity contribution in [1.82, 2.24) is 15.1 Å². The lowest BCUT2D eigenvalue weighted by Gasteiger charge is -2.24. The summed E-state index contributed by atoms with van der Waals surface area (Å²) >= 11 is 1.44. The molecule has 0 bridgehead atoms. The SMILES string of the molecule is C=C1c2ccccc2C(=O)N1[C@@H](C)C(=O)Nc1nnc(C2CCCCC2)s1. The second-order valence-corrected chi connectivity index (χ2v) is 8.12. The van der Waals surface area contributed by atoms with Gasteiger partial charge >= 0.3 is 0 Å². The van der Waals surface area contributed by atoms with Crippen LogP contribution in [0.15, 0.2) is 30.8 Å². The van der Waals surface area contributed by atoms with Gasteiger partial charge in [-0.05, 0) is 25.8 Å². The van der Waals surface area contributed by atoms with Crippen LogP contribution in [0.3, 0.4) is 0 Å². The van der Waals surface area contributed by atoms with E-state index in [0.29, 0.717) is 22.3 Å². The zero-order valence-electron chi connectivity index (χ0n) is 15.3. The van der Waals surface area contributed by atoms with Crippen LogP contribution < -0.4 is 5.32 Å². The van der Waals surface area contributed by atoms with Gasteiger partial charge in [-0.15, -0.1) is 10.2 Å². The van der Waals surface area contributed by atoms with Gasteiger partial charge in [0.2, 0.25) is 11.0 Å². The fraction of sp³-hybridized carbons (Fsp3) is 0.400. The van der Waals surface area contributed by atoms with Gasteiger partial charge in [0, 0.05) is 22.7 Å². The van der Waals surface area contributed by atoms with Crippen LogP contribution in [0, 0.1) is 0 Å². The smallest absolute Gasteiger partial charge is 0.259 e. The maximum atomic E-state index is 12.7. The average molecular weight is 382 g/mol. The number of carbonyl (C=O) groups is 2. The first-order valence-corrected chi connectivity index (χ1v) is 10.1. The van der Waals surface area contributed by atoms with Crippen LogP contribution in [-0.4, -0.2) is 33.0 Å². The summed E-state index contributed by atoms with van der Waals surface area (Å²) in [5.41, 5.74) is 1.91. The Bertz CT molecular complexity index is 866. The summed E-state index contributed by atoms with van der Waals surface area (Å²) in [6.07, 6.45) is 6.01. The molecule has 1 aliphatic carbocycles. The molecule has 0 radical (unpaired) electrons. The zero-order chi connectivity index (χ0) is 19.0. The molecule has 1 fully saturated rings. The third kappa shape index (κ3) is 3.27. The number of fused-ring (bicyclic) bond motifs is 1. The highest BCUT2D eigenvalue weighted by atomic mass is 32.1. The molecular formula is C20H22N4O2S. The maximum absolute atomic E-state index is 12.7. The molecule has 0 unspecified atom stereocenters. The van der Waals surface area contributed by atoms with Gasteiger partial charge in [0.1, 0.15) is 11.0 Å². The van der Waals surface area contributed by atoms with Gasteiger partial charge < -0.3 is 0 Å². The van der Waals surface area contributed by atoms with E-state index < -0.39 is 6.04 Å². The molecule has 7 heteroatoms. The van der Waals surface area contributed by atoms with Gasteiger partial charge in [-0.2, -0.15) is 0 Å². The molecule has 1 N–H and O–H groups in total. The average Bonchev–Trinajstić information content (AvgIpc) is 3.26. The molecule has 2 aromatic rings. The molecule has 6 nitrogen and oxygen atoms in total. The van der Waals surface area contributed by atoms with Gasteiger partial charge in [-0.3, -0.25) is 19.8 Å². The largest absolute Gasteiger partial charge is 0.299 e. The number of benzene rings is 1. The standard InChI is InChI=1S/C20H22N4O2S/c1-12-15-10-6-7-11-16(15)19(26)24(12)13(2)17(25)21-20-23-22-18(27-20)14-8-4-3-5-9-14/h6-7,10-11,13-14H,1,3-5,8-9H2,2H3,(H,21,23,25)/t13-/m0/s1. The van der Waals surface area contributed by atoms with Crippen LogP contribution in [0.2, 0.25) is 0 Å². The number of hydrogen-bond acceptors (Lipinski definition) is 5. The van der Waals surface area contributed by atoms with Crippen molar-refractivity contribution >= 4 is 34.0 Å². The molecule has 1 atom stereocenters. The first-order chi connectivity index (χ1) is 13.1. The van der Waals surface area contributed by atoms with E-state index in [2.05, 4.69) is 22.1 Å². The van der Waals surface area contributed by atoms with Gasteiger partial charge in [-0.1, -0.05) is 55.4 Å². The third-order valence-corrected chi connectivity index (χ3v) is 6.37. The number of carbonyl (C=O) groups excluding carboxylic acids is 2. The maximum Gasteiger partial charge on any atom is 0.259 e. The number of hydrogen-bond donors (Lipinski definition) is 1. The van der Waals surface area contributed by atoms with Crippen LogP contribution in [0.4, 0.5) is 5.13 Å². The highest BCUT2D eigenvalue weighted by molar-refractivity contribution is 7.15. The minimum Gasteiger partial charge on any atom is -0.299 e. The molecule has 2 aliphatic rings. The summed E-state index contributed by atoms with van der Waals surface area (Å²) in [6, 6.07) is 6.60. The lowest BCUT2D eigenvalue weighted by atomic mass is 9.90. The number of aromatic nitrogens is 2. The number of anilines is 1. The molecule has 1 aliphatic heterocycles. The highest BCUT2D eigenvalue weighted by Gasteiger charge is 2.37. The summed E-state index contributed by atoms with van der Waals surface area (Å²) in [5, 5.41) is 12.7. The summed E-state index contributed by atoms with van der Waals surface area (Å²) < 4.78 is 0. The lowest BCUT2D eigenvalue weighted by Crippen LogP contribution is -2.41. The fourth-order valence-corrected chi connectivity index (χ4v) is 4.76. The lowest BCUT2D eigenvalue weighted by molar-refractivity contribution is -0.119. The Morgan fingerprint density at radius 3 is 2.63 bits per heavy atom. The highest BCUT2D eigenvalue weighted by Crippen LogP contribution is 2.36. The Morgan fingerprint density at radius 1 is 1.22 bits per heavy atom. The van der Waals surface area contributed by atoms with E-state index in [9.17, 15) is 9.59 Å². The first kappa shape index (κ1) is 17.9. The molecule has 0 saturated heterocycles. The Balaban J connectivity index is 1.45. The number of rotatable bonds is 4. The molecular weight excluding hydrogens is 360 g/mol. The Labute approximate surface area is 162 Å². The van der Waals surface area contributed by atoms with E-state index in [1.807, 2.05) is 18.2 Å². The van der Waals surface area contributed by atoms with Crippen LogP contribution in [0.5, 0.6) is 0 Å². The summed E-state index contributed by atoms with van der Waals surface area (Å²) in [5.74, 6) is -0.0316. The Kier molecular flexibility index (Phi) is 4.78.